The molecule has 0 spiro atoms. The predicted octanol–water partition coefficient (Wildman–Crippen LogP) is 2.07. The first-order valence-electron chi connectivity index (χ1n) is 6.97. The largest absolute Gasteiger partial charge is 0.548 e. The Labute approximate surface area is 149 Å². The van der Waals surface area contributed by atoms with Crippen molar-refractivity contribution in [3.05, 3.63) is 40.3 Å². The van der Waals surface area contributed by atoms with E-state index in [1.165, 1.54) is 16.7 Å². The smallest absolute Gasteiger partial charge is 0.266 e. The minimum atomic E-state index is -1.27. The van der Waals surface area contributed by atoms with Gasteiger partial charge in [0, 0.05) is 0 Å². The van der Waals surface area contributed by atoms with Crippen LogP contribution in [0.3, 0.4) is 0 Å². The average Bonchev–Trinajstić information content (AvgIpc) is 2.75. The van der Waals surface area contributed by atoms with Gasteiger partial charge < -0.3 is 9.90 Å². The van der Waals surface area contributed by atoms with Crippen LogP contribution in [0.4, 0.5) is 0 Å². The Kier molecular flexibility index (Phi) is 6.26. The maximum Gasteiger partial charge on any atom is 0.266 e. The van der Waals surface area contributed by atoms with Crippen LogP contribution in [0.2, 0.25) is 0 Å². The summed E-state index contributed by atoms with van der Waals surface area (Å²) in [5, 5.41) is 11.4. The molecule has 1 saturated heterocycles. The third-order valence-corrected chi connectivity index (χ3v) is 5.32. The quantitative estimate of drug-likeness (QED) is 0.567. The van der Waals surface area contributed by atoms with E-state index in [0.29, 0.717) is 17.1 Å². The fraction of sp³-hybridized carbons (Fsp3) is 0.312. The monoisotopic (exact) mass is 366 g/mol. The van der Waals surface area contributed by atoms with Crippen LogP contribution in [0.25, 0.3) is 6.08 Å². The number of aryl methyl sites for hydroxylation is 1. The van der Waals surface area contributed by atoms with E-state index < -0.39 is 12.0 Å². The number of carbonyl (C=O) groups is 2. The molecule has 1 amide bonds. The first-order chi connectivity index (χ1) is 10.9. The SMILES string of the molecule is CSCC[C@H](C(=O)[O-])N1C(=O)/C(=C\c2cccc(C)c2)SC1=S. The normalized spacial score (nSPS) is 17.8. The number of carboxylic acid groups (broad SMARTS) is 1. The molecule has 0 radical (unpaired) electrons. The van der Waals surface area contributed by atoms with Crippen LogP contribution >= 0.6 is 35.7 Å². The van der Waals surface area contributed by atoms with Crippen molar-refractivity contribution >= 4 is 58.0 Å². The highest BCUT2D eigenvalue weighted by molar-refractivity contribution is 8.26. The van der Waals surface area contributed by atoms with Gasteiger partial charge in [0.2, 0.25) is 0 Å². The molecular weight excluding hydrogens is 350 g/mol. The molecule has 0 bridgehead atoms. The number of hydrogen-bond donors (Lipinski definition) is 0. The summed E-state index contributed by atoms with van der Waals surface area (Å²) >= 11 is 7.86. The number of carboxylic acids is 1. The summed E-state index contributed by atoms with van der Waals surface area (Å²) in [5.74, 6) is -1.02. The second kappa shape index (κ2) is 7.99. The fourth-order valence-electron chi connectivity index (χ4n) is 2.24. The van der Waals surface area contributed by atoms with E-state index in [0.717, 1.165) is 22.9 Å². The van der Waals surface area contributed by atoms with Gasteiger partial charge in [-0.3, -0.25) is 9.69 Å². The van der Waals surface area contributed by atoms with Crippen LogP contribution in [-0.2, 0) is 9.59 Å². The number of nitrogens with zero attached hydrogens (tertiary/aromatic N) is 1. The maximum atomic E-state index is 12.6. The minimum absolute atomic E-state index is 0.268. The van der Waals surface area contributed by atoms with Gasteiger partial charge in [-0.15, -0.1) is 0 Å². The van der Waals surface area contributed by atoms with Gasteiger partial charge in [0.25, 0.3) is 5.91 Å². The molecule has 2 rings (SSSR count). The van der Waals surface area contributed by atoms with E-state index in [1.807, 2.05) is 37.4 Å². The predicted molar refractivity (Wildman–Crippen MR) is 98.0 cm³/mol. The lowest BCUT2D eigenvalue weighted by Crippen LogP contribution is -2.50. The topological polar surface area (TPSA) is 60.4 Å². The van der Waals surface area contributed by atoms with Gasteiger partial charge in [0.15, 0.2) is 0 Å². The molecule has 1 atom stereocenters. The molecule has 7 heteroatoms. The van der Waals surface area contributed by atoms with Crippen molar-refractivity contribution in [2.45, 2.75) is 19.4 Å². The van der Waals surface area contributed by atoms with E-state index in [4.69, 9.17) is 12.2 Å². The number of thiocarbonyl (C=S) groups is 1. The highest BCUT2D eigenvalue weighted by Gasteiger charge is 2.37. The van der Waals surface area contributed by atoms with Gasteiger partial charge in [-0.2, -0.15) is 11.8 Å². The Morgan fingerprint density at radius 1 is 1.52 bits per heavy atom. The van der Waals surface area contributed by atoms with Crippen molar-refractivity contribution in [1.82, 2.24) is 4.90 Å². The molecule has 1 aliphatic heterocycles. The second-order valence-corrected chi connectivity index (χ2v) is 7.74. The lowest BCUT2D eigenvalue weighted by molar-refractivity contribution is -0.310. The molecule has 0 unspecified atom stereocenters. The third kappa shape index (κ3) is 4.37. The van der Waals surface area contributed by atoms with Crippen LogP contribution in [0, 0.1) is 6.92 Å². The number of carbonyl (C=O) groups excluding carboxylic acids is 2. The molecule has 1 fully saturated rings. The zero-order valence-corrected chi connectivity index (χ0v) is 15.2. The second-order valence-electron chi connectivity index (χ2n) is 5.08. The van der Waals surface area contributed by atoms with Crippen LogP contribution < -0.4 is 5.11 Å². The van der Waals surface area contributed by atoms with Crippen molar-refractivity contribution in [1.29, 1.82) is 0 Å². The molecule has 1 aliphatic rings. The summed E-state index contributed by atoms with van der Waals surface area (Å²) in [4.78, 5) is 25.6. The van der Waals surface area contributed by atoms with E-state index >= 15 is 0 Å². The van der Waals surface area contributed by atoms with Gasteiger partial charge in [0.05, 0.1) is 16.9 Å². The first kappa shape index (κ1) is 18.0. The molecule has 0 aliphatic carbocycles. The molecule has 23 heavy (non-hydrogen) atoms. The highest BCUT2D eigenvalue weighted by Crippen LogP contribution is 2.34. The summed E-state index contributed by atoms with van der Waals surface area (Å²) in [6.45, 7) is 1.97. The van der Waals surface area contributed by atoms with Crippen LogP contribution in [-0.4, -0.2) is 39.1 Å². The third-order valence-electron chi connectivity index (χ3n) is 3.34. The van der Waals surface area contributed by atoms with Gasteiger partial charge in [-0.05, 0) is 37.0 Å². The van der Waals surface area contributed by atoms with Gasteiger partial charge in [-0.25, -0.2) is 0 Å². The molecule has 4 nitrogen and oxygen atoms in total. The molecule has 0 aromatic heterocycles. The van der Waals surface area contributed by atoms with Crippen LogP contribution in [0.5, 0.6) is 0 Å². The average molecular weight is 367 g/mol. The van der Waals surface area contributed by atoms with Crippen molar-refractivity contribution < 1.29 is 14.7 Å². The molecular formula is C16H16NO3S3-. The van der Waals surface area contributed by atoms with E-state index in [9.17, 15) is 14.7 Å². The minimum Gasteiger partial charge on any atom is -0.548 e. The van der Waals surface area contributed by atoms with E-state index in [-0.39, 0.29) is 10.2 Å². The van der Waals surface area contributed by atoms with Crippen LogP contribution in [0.1, 0.15) is 17.5 Å². The number of amides is 1. The van der Waals surface area contributed by atoms with Crippen molar-refractivity contribution in [3.63, 3.8) is 0 Å². The fourth-order valence-corrected chi connectivity index (χ4v) is 4.06. The summed E-state index contributed by atoms with van der Waals surface area (Å²) in [7, 11) is 0. The lowest BCUT2D eigenvalue weighted by Gasteiger charge is -2.27. The summed E-state index contributed by atoms with van der Waals surface area (Å²) in [6, 6.07) is 6.71. The maximum absolute atomic E-state index is 12.6. The molecule has 0 saturated carbocycles. The molecule has 1 aromatic rings. The first-order valence-corrected chi connectivity index (χ1v) is 9.59. The molecule has 0 N–H and O–H groups in total. The standard InChI is InChI=1S/C16H17NO3S3/c1-10-4-3-5-11(8-10)9-13-14(18)17(16(21)23-13)12(15(19)20)6-7-22-2/h3-5,8-9,12H,6-7H2,1-2H3,(H,19,20)/p-1/b13-9+/t12-/m1/s1. The molecule has 1 heterocycles. The number of benzene rings is 1. The Bertz CT molecular complexity index is 672. The zero-order valence-electron chi connectivity index (χ0n) is 12.8. The van der Waals surface area contributed by atoms with Crippen molar-refractivity contribution in [2.24, 2.45) is 0 Å². The summed E-state index contributed by atoms with van der Waals surface area (Å²) in [6.07, 6.45) is 3.94. The van der Waals surface area contributed by atoms with Crippen LogP contribution in [0.15, 0.2) is 29.2 Å². The number of hydrogen-bond acceptors (Lipinski definition) is 6. The number of thioether (sulfide) groups is 2. The van der Waals surface area contributed by atoms with Gasteiger partial charge >= 0.3 is 0 Å². The summed E-state index contributed by atoms with van der Waals surface area (Å²) < 4.78 is 0.268. The Balaban J connectivity index is 2.26. The zero-order chi connectivity index (χ0) is 17.0. The Morgan fingerprint density at radius 3 is 2.87 bits per heavy atom. The number of rotatable bonds is 6. The van der Waals surface area contributed by atoms with Gasteiger partial charge in [-0.1, -0.05) is 53.8 Å². The van der Waals surface area contributed by atoms with Gasteiger partial charge in [0.1, 0.15) is 4.32 Å². The van der Waals surface area contributed by atoms with E-state index in [2.05, 4.69) is 0 Å². The van der Waals surface area contributed by atoms with E-state index in [1.54, 1.807) is 6.08 Å². The molecule has 122 valence electrons. The van der Waals surface area contributed by atoms with Crippen molar-refractivity contribution in [2.75, 3.05) is 12.0 Å². The van der Waals surface area contributed by atoms with Crippen molar-refractivity contribution in [3.8, 4) is 0 Å². The number of aliphatic carboxylic acids is 1. The summed E-state index contributed by atoms with van der Waals surface area (Å²) in [5.41, 5.74) is 1.97. The highest BCUT2D eigenvalue weighted by atomic mass is 32.2. The lowest BCUT2D eigenvalue weighted by atomic mass is 10.1. The molecule has 1 aromatic carbocycles. The Morgan fingerprint density at radius 2 is 2.26 bits per heavy atom. The Hall–Kier alpha value is -1.31.